The first-order valence-corrected chi connectivity index (χ1v) is 14.3. The second kappa shape index (κ2) is 11.0. The maximum absolute atomic E-state index is 13.6. The molecule has 37 heavy (non-hydrogen) atoms. The number of hydrogen-bond acceptors (Lipinski definition) is 7. The molecule has 0 bridgehead atoms. The molecule has 8 nitrogen and oxygen atoms in total. The van der Waals surface area contributed by atoms with Gasteiger partial charge in [0.25, 0.3) is 0 Å². The van der Waals surface area contributed by atoms with Gasteiger partial charge in [0, 0.05) is 44.4 Å². The highest BCUT2D eigenvalue weighted by Gasteiger charge is 2.33. The summed E-state index contributed by atoms with van der Waals surface area (Å²) in [6.07, 6.45) is -2.38. The fourth-order valence-corrected chi connectivity index (χ4v) is 5.02. The summed E-state index contributed by atoms with van der Waals surface area (Å²) in [4.78, 5) is 6.95. The van der Waals surface area contributed by atoms with Gasteiger partial charge in [-0.1, -0.05) is 19.1 Å². The minimum Gasteiger partial charge on any atom is -0.378 e. The Morgan fingerprint density at radius 1 is 1.16 bits per heavy atom. The van der Waals surface area contributed by atoms with E-state index in [0.717, 1.165) is 17.4 Å². The number of halogens is 3. The fraction of sp³-hybridized carbons (Fsp3) is 0.520. The molecule has 0 unspecified atom stereocenters. The van der Waals surface area contributed by atoms with Crippen LogP contribution in [0.2, 0.25) is 0 Å². The molecule has 1 N–H and O–H groups in total. The predicted molar refractivity (Wildman–Crippen MR) is 136 cm³/mol. The Hall–Kier alpha value is -2.70. The Labute approximate surface area is 214 Å². The molecule has 0 radical (unpaired) electrons. The van der Waals surface area contributed by atoms with Crippen molar-refractivity contribution >= 4 is 21.3 Å². The monoisotopic (exact) mass is 539 g/mol. The molecule has 202 valence electrons. The summed E-state index contributed by atoms with van der Waals surface area (Å²) in [7, 11) is -3.14. The van der Waals surface area contributed by atoms with Gasteiger partial charge in [0.2, 0.25) is 0 Å². The van der Waals surface area contributed by atoms with Crippen LogP contribution in [-0.4, -0.2) is 67.9 Å². The van der Waals surface area contributed by atoms with Crippen molar-refractivity contribution in [2.75, 3.05) is 49.8 Å². The number of aryl methyl sites for hydroxylation is 1. The molecule has 0 amide bonds. The lowest BCUT2D eigenvalue weighted by molar-refractivity contribution is -0.138. The number of aromatic nitrogens is 3. The lowest BCUT2D eigenvalue weighted by atomic mass is 9.98. The van der Waals surface area contributed by atoms with Crippen LogP contribution in [0.3, 0.4) is 0 Å². The number of fused-ring (bicyclic) bond motifs is 1. The van der Waals surface area contributed by atoms with Crippen LogP contribution >= 0.6 is 0 Å². The average molecular weight is 540 g/mol. The maximum atomic E-state index is 13.6. The highest BCUT2D eigenvalue weighted by molar-refractivity contribution is 7.90. The molecule has 0 atom stereocenters. The number of sulfone groups is 1. The predicted octanol–water partition coefficient (Wildman–Crippen LogP) is 3.18. The van der Waals surface area contributed by atoms with Gasteiger partial charge in [-0.15, -0.1) is 5.10 Å². The van der Waals surface area contributed by atoms with E-state index in [1.54, 1.807) is 10.6 Å². The third kappa shape index (κ3) is 6.42. The summed E-state index contributed by atoms with van der Waals surface area (Å²) in [6, 6.07) is 6.21. The van der Waals surface area contributed by atoms with Crippen LogP contribution in [0.4, 0.5) is 19.0 Å². The summed E-state index contributed by atoms with van der Waals surface area (Å²) < 4.78 is 71.1. The van der Waals surface area contributed by atoms with Crippen molar-refractivity contribution in [2.45, 2.75) is 39.4 Å². The standard InChI is InChI=1S/C25H32F3N5O3S/c1-4-18-15-23(32-9-11-36-12-10-32)31-33-22(14-19-6-5-7-20(17(19)2)25(26,27)28)21(30-24(18)33)16-29-8-13-37(3,34)35/h5-7,15,29H,4,8-14,16H2,1-3H3. The number of ether oxygens (including phenoxy) is 1. The first-order valence-electron chi connectivity index (χ1n) is 12.2. The number of alkyl halides is 3. The Bertz CT molecular complexity index is 1370. The minimum atomic E-state index is -4.45. The Morgan fingerprint density at radius 3 is 2.54 bits per heavy atom. The number of rotatable bonds is 9. The van der Waals surface area contributed by atoms with Crippen LogP contribution in [-0.2, 0) is 40.1 Å². The Morgan fingerprint density at radius 2 is 1.89 bits per heavy atom. The van der Waals surface area contributed by atoms with Crippen molar-refractivity contribution in [1.29, 1.82) is 0 Å². The third-order valence-corrected chi connectivity index (χ3v) is 7.54. The second-order valence-electron chi connectivity index (χ2n) is 9.29. The number of hydrogen-bond donors (Lipinski definition) is 1. The van der Waals surface area contributed by atoms with E-state index in [1.807, 2.05) is 13.0 Å². The van der Waals surface area contributed by atoms with Crippen LogP contribution in [0.15, 0.2) is 24.3 Å². The van der Waals surface area contributed by atoms with Gasteiger partial charge < -0.3 is 15.0 Å². The van der Waals surface area contributed by atoms with Crippen LogP contribution in [0, 0.1) is 6.92 Å². The zero-order valence-electron chi connectivity index (χ0n) is 21.2. The van der Waals surface area contributed by atoms with Gasteiger partial charge in [-0.2, -0.15) is 13.2 Å². The minimum absolute atomic E-state index is 0.0257. The molecule has 1 aliphatic rings. The van der Waals surface area contributed by atoms with Crippen molar-refractivity contribution in [3.63, 3.8) is 0 Å². The van der Waals surface area contributed by atoms with Crippen LogP contribution < -0.4 is 10.2 Å². The normalized spacial score (nSPS) is 15.0. The van der Waals surface area contributed by atoms with Gasteiger partial charge in [-0.3, -0.25) is 0 Å². The topological polar surface area (TPSA) is 88.8 Å². The van der Waals surface area contributed by atoms with Gasteiger partial charge in [-0.25, -0.2) is 17.9 Å². The number of anilines is 1. The van der Waals surface area contributed by atoms with Crippen molar-refractivity contribution in [2.24, 2.45) is 0 Å². The molecule has 1 saturated heterocycles. The summed E-state index contributed by atoms with van der Waals surface area (Å²) in [5.74, 6) is 0.742. The molecule has 2 aromatic heterocycles. The summed E-state index contributed by atoms with van der Waals surface area (Å²) in [6.45, 7) is 6.58. The number of nitrogens with zero attached hydrogens (tertiary/aromatic N) is 4. The highest BCUT2D eigenvalue weighted by atomic mass is 32.2. The van der Waals surface area contributed by atoms with Crippen molar-refractivity contribution < 1.29 is 26.3 Å². The van der Waals surface area contributed by atoms with Gasteiger partial charge in [0.05, 0.1) is 35.9 Å². The molecule has 1 aliphatic heterocycles. The molecule has 0 spiro atoms. The molecular weight excluding hydrogens is 507 g/mol. The van der Waals surface area contributed by atoms with E-state index in [-0.39, 0.29) is 30.8 Å². The molecular formula is C25H32F3N5O3S. The fourth-order valence-electron chi connectivity index (χ4n) is 4.51. The molecule has 12 heteroatoms. The van der Waals surface area contributed by atoms with Gasteiger partial charge in [0.1, 0.15) is 15.7 Å². The van der Waals surface area contributed by atoms with E-state index in [0.29, 0.717) is 55.3 Å². The summed E-state index contributed by atoms with van der Waals surface area (Å²) in [5.41, 5.74) is 2.97. The smallest absolute Gasteiger partial charge is 0.378 e. The summed E-state index contributed by atoms with van der Waals surface area (Å²) >= 11 is 0. The largest absolute Gasteiger partial charge is 0.416 e. The summed E-state index contributed by atoms with van der Waals surface area (Å²) in [5, 5.41) is 7.99. The number of benzene rings is 1. The Kier molecular flexibility index (Phi) is 8.10. The van der Waals surface area contributed by atoms with Gasteiger partial charge >= 0.3 is 6.18 Å². The molecule has 3 aromatic rings. The van der Waals surface area contributed by atoms with Gasteiger partial charge in [0.15, 0.2) is 5.65 Å². The second-order valence-corrected chi connectivity index (χ2v) is 11.6. The molecule has 4 rings (SSSR count). The van der Waals surface area contributed by atoms with Gasteiger partial charge in [-0.05, 0) is 36.6 Å². The Balaban J connectivity index is 1.79. The first-order chi connectivity index (χ1) is 17.5. The quantitative estimate of drug-likeness (QED) is 0.418. The third-order valence-electron chi connectivity index (χ3n) is 6.59. The SMILES string of the molecule is CCc1cc(N2CCOCC2)nn2c(Cc3cccc(C(F)(F)F)c3C)c(CNCCS(C)(=O)=O)nc12. The molecule has 0 saturated carbocycles. The number of nitrogens with one attached hydrogen (secondary N) is 1. The van der Waals surface area contributed by atoms with E-state index in [1.165, 1.54) is 19.2 Å². The van der Waals surface area contributed by atoms with Crippen LogP contribution in [0.5, 0.6) is 0 Å². The molecule has 3 heterocycles. The number of morpholine rings is 1. The van der Waals surface area contributed by atoms with E-state index < -0.39 is 21.6 Å². The molecule has 1 aromatic carbocycles. The lowest BCUT2D eigenvalue weighted by Crippen LogP contribution is -2.37. The molecule has 0 aliphatic carbocycles. The van der Waals surface area contributed by atoms with E-state index >= 15 is 0 Å². The van der Waals surface area contributed by atoms with E-state index in [4.69, 9.17) is 14.8 Å². The highest BCUT2D eigenvalue weighted by Crippen LogP contribution is 2.34. The lowest BCUT2D eigenvalue weighted by Gasteiger charge is -2.28. The van der Waals surface area contributed by atoms with Crippen LogP contribution in [0.25, 0.3) is 5.65 Å². The first kappa shape index (κ1) is 27.3. The maximum Gasteiger partial charge on any atom is 0.416 e. The average Bonchev–Trinajstić information content (AvgIpc) is 3.19. The number of imidazole rings is 1. The van der Waals surface area contributed by atoms with Crippen LogP contribution in [0.1, 0.15) is 40.6 Å². The molecule has 1 fully saturated rings. The zero-order valence-corrected chi connectivity index (χ0v) is 22.0. The van der Waals surface area contributed by atoms with Crippen molar-refractivity contribution in [3.05, 3.63) is 57.9 Å². The zero-order chi connectivity index (χ0) is 26.8. The van der Waals surface area contributed by atoms with E-state index in [9.17, 15) is 21.6 Å². The van der Waals surface area contributed by atoms with Crippen molar-refractivity contribution in [1.82, 2.24) is 19.9 Å². The van der Waals surface area contributed by atoms with Crippen molar-refractivity contribution in [3.8, 4) is 0 Å². The van der Waals surface area contributed by atoms with E-state index in [2.05, 4.69) is 10.2 Å².